The third-order valence-corrected chi connectivity index (χ3v) is 1.18. The molecule has 1 radical (unpaired) electrons. The van der Waals surface area contributed by atoms with Crippen LogP contribution in [0.15, 0.2) is 23.7 Å². The Balaban J connectivity index is 2.56. The monoisotopic (exact) mass is 161 g/mol. The van der Waals surface area contributed by atoms with Crippen molar-refractivity contribution in [3.63, 3.8) is 0 Å². The van der Waals surface area contributed by atoms with Gasteiger partial charge in [0, 0.05) is 0 Å². The van der Waals surface area contributed by atoms with Crippen LogP contribution in [0.5, 0.6) is 0 Å². The average molecular weight is 161 g/mol. The lowest BCUT2D eigenvalue weighted by Gasteiger charge is -2.11. The standard InChI is InChI=1S/C7H7F2O2/c8-7(9)11-6-4-2-1-3-5(6)10/h1,3-4,7,10H,2H2. The van der Waals surface area contributed by atoms with Gasteiger partial charge in [0.05, 0.1) is 0 Å². The molecule has 0 saturated heterocycles. The van der Waals surface area contributed by atoms with Crippen LogP contribution in [-0.2, 0) is 4.74 Å². The summed E-state index contributed by atoms with van der Waals surface area (Å²) >= 11 is 0. The maximum Gasteiger partial charge on any atom is 0.387 e. The van der Waals surface area contributed by atoms with Crippen LogP contribution in [0.1, 0.15) is 6.42 Å². The van der Waals surface area contributed by atoms with Gasteiger partial charge in [-0.15, -0.1) is 0 Å². The molecule has 0 bridgehead atoms. The molecule has 0 amide bonds. The minimum atomic E-state index is -2.88. The Morgan fingerprint density at radius 1 is 1.55 bits per heavy atom. The summed E-state index contributed by atoms with van der Waals surface area (Å²) in [5.74, 6) is -0.404. The van der Waals surface area contributed by atoms with Crippen molar-refractivity contribution in [2.45, 2.75) is 13.0 Å². The van der Waals surface area contributed by atoms with Crippen molar-refractivity contribution in [2.75, 3.05) is 0 Å². The van der Waals surface area contributed by atoms with Gasteiger partial charge in [-0.25, -0.2) is 0 Å². The highest BCUT2D eigenvalue weighted by molar-refractivity contribution is 5.26. The summed E-state index contributed by atoms with van der Waals surface area (Å²) in [6, 6.07) is 0. The van der Waals surface area contributed by atoms with E-state index in [0.717, 1.165) is 0 Å². The fourth-order valence-electron chi connectivity index (χ4n) is 0.746. The first kappa shape index (κ1) is 8.04. The minimum absolute atomic E-state index is 0.150. The predicted molar refractivity (Wildman–Crippen MR) is 34.8 cm³/mol. The van der Waals surface area contributed by atoms with Crippen molar-refractivity contribution >= 4 is 0 Å². The number of halogens is 2. The van der Waals surface area contributed by atoms with Crippen molar-refractivity contribution in [3.8, 4) is 0 Å². The van der Waals surface area contributed by atoms with Crippen LogP contribution in [0.3, 0.4) is 0 Å². The second kappa shape index (κ2) is 3.37. The number of rotatable bonds is 2. The fourth-order valence-corrected chi connectivity index (χ4v) is 0.746. The average Bonchev–Trinajstić information content (AvgIpc) is 1.93. The molecule has 0 unspecified atom stereocenters. The van der Waals surface area contributed by atoms with Crippen LogP contribution in [-0.4, -0.2) is 11.7 Å². The van der Waals surface area contributed by atoms with Gasteiger partial charge in [0.2, 0.25) is 0 Å². The lowest BCUT2D eigenvalue weighted by atomic mass is 10.1. The molecule has 0 spiro atoms. The number of hydrogen-bond donors (Lipinski definition) is 1. The lowest BCUT2D eigenvalue weighted by molar-refractivity contribution is -0.0973. The first-order chi connectivity index (χ1) is 5.20. The fraction of sp³-hybridized carbons (Fsp3) is 0.286. The van der Waals surface area contributed by atoms with Gasteiger partial charge < -0.3 is 9.84 Å². The largest absolute Gasteiger partial charge is 0.504 e. The van der Waals surface area contributed by atoms with Gasteiger partial charge in [0.15, 0.2) is 11.5 Å². The molecule has 1 aliphatic rings. The molecular formula is C7H7F2O2. The highest BCUT2D eigenvalue weighted by atomic mass is 19.3. The summed E-state index contributed by atoms with van der Waals surface area (Å²) in [5.41, 5.74) is 0. The molecule has 0 fully saturated rings. The first-order valence-electron chi connectivity index (χ1n) is 3.08. The highest BCUT2D eigenvalue weighted by Gasteiger charge is 2.12. The number of alkyl halides is 2. The van der Waals surface area contributed by atoms with E-state index < -0.39 is 6.61 Å². The van der Waals surface area contributed by atoms with Gasteiger partial charge in [-0.2, -0.15) is 8.78 Å². The van der Waals surface area contributed by atoms with Crippen LogP contribution in [0.4, 0.5) is 8.78 Å². The summed E-state index contributed by atoms with van der Waals surface area (Å²) in [7, 11) is 0. The zero-order valence-corrected chi connectivity index (χ0v) is 5.63. The Labute approximate surface area is 62.8 Å². The third kappa shape index (κ3) is 2.22. The summed E-state index contributed by atoms with van der Waals surface area (Å²) in [6.45, 7) is -2.88. The molecule has 1 aliphatic carbocycles. The maximum absolute atomic E-state index is 11.6. The molecule has 11 heavy (non-hydrogen) atoms. The molecule has 4 heteroatoms. The Bertz CT molecular complexity index is 197. The molecule has 0 aromatic rings. The molecule has 0 aromatic carbocycles. The normalized spacial score (nSPS) is 17.7. The summed E-state index contributed by atoms with van der Waals surface area (Å²) in [5, 5.41) is 8.92. The number of hydrogen-bond acceptors (Lipinski definition) is 2. The smallest absolute Gasteiger partial charge is 0.387 e. The third-order valence-electron chi connectivity index (χ3n) is 1.18. The number of aliphatic hydroxyl groups excluding tert-OH is 1. The Morgan fingerprint density at radius 3 is 2.82 bits per heavy atom. The van der Waals surface area contributed by atoms with E-state index in [1.807, 2.05) is 0 Å². The van der Waals surface area contributed by atoms with Crippen LogP contribution in [0, 0.1) is 6.42 Å². The number of ether oxygens (including phenoxy) is 1. The second-order valence-corrected chi connectivity index (χ2v) is 1.97. The minimum Gasteiger partial charge on any atom is -0.504 e. The summed E-state index contributed by atoms with van der Waals surface area (Å²) in [4.78, 5) is 0. The van der Waals surface area contributed by atoms with Gasteiger partial charge in [-0.3, -0.25) is 0 Å². The van der Waals surface area contributed by atoms with Crippen molar-refractivity contribution < 1.29 is 18.6 Å². The van der Waals surface area contributed by atoms with Crippen LogP contribution >= 0.6 is 0 Å². The summed E-state index contributed by atoms with van der Waals surface area (Å²) < 4.78 is 27.2. The molecule has 61 valence electrons. The molecule has 0 aromatic heterocycles. The van der Waals surface area contributed by atoms with Crippen molar-refractivity contribution in [3.05, 3.63) is 30.1 Å². The van der Waals surface area contributed by atoms with E-state index in [1.54, 1.807) is 6.42 Å². The van der Waals surface area contributed by atoms with Crippen molar-refractivity contribution in [1.29, 1.82) is 0 Å². The maximum atomic E-state index is 11.6. The Morgan fingerprint density at radius 2 is 2.27 bits per heavy atom. The van der Waals surface area contributed by atoms with E-state index in [4.69, 9.17) is 5.11 Å². The highest BCUT2D eigenvalue weighted by Crippen LogP contribution is 2.18. The Kier molecular flexibility index (Phi) is 2.46. The molecular weight excluding hydrogens is 154 g/mol. The van der Waals surface area contributed by atoms with E-state index in [9.17, 15) is 8.78 Å². The van der Waals surface area contributed by atoms with Gasteiger partial charge in [0.1, 0.15) is 0 Å². The van der Waals surface area contributed by atoms with Gasteiger partial charge in [0.25, 0.3) is 0 Å². The summed E-state index contributed by atoms with van der Waals surface area (Å²) in [6.07, 6.45) is 4.87. The van der Waals surface area contributed by atoms with E-state index in [0.29, 0.717) is 6.42 Å². The zero-order chi connectivity index (χ0) is 8.27. The quantitative estimate of drug-likeness (QED) is 0.672. The van der Waals surface area contributed by atoms with Crippen LogP contribution in [0.2, 0.25) is 0 Å². The van der Waals surface area contributed by atoms with Gasteiger partial charge in [-0.05, 0) is 25.0 Å². The molecule has 2 nitrogen and oxygen atoms in total. The van der Waals surface area contributed by atoms with E-state index >= 15 is 0 Å². The SMILES string of the molecule is OC1=C[CH]CC=C1OC(F)F. The topological polar surface area (TPSA) is 29.5 Å². The molecule has 0 aliphatic heterocycles. The van der Waals surface area contributed by atoms with E-state index in [1.165, 1.54) is 12.2 Å². The molecule has 1 rings (SSSR count). The van der Waals surface area contributed by atoms with E-state index in [2.05, 4.69) is 4.74 Å². The zero-order valence-electron chi connectivity index (χ0n) is 5.63. The number of aliphatic hydroxyl groups is 1. The molecule has 0 saturated carbocycles. The predicted octanol–water partition coefficient (Wildman–Crippen LogP) is 2.16. The first-order valence-corrected chi connectivity index (χ1v) is 3.08. The van der Waals surface area contributed by atoms with Crippen LogP contribution in [0.25, 0.3) is 0 Å². The number of allylic oxidation sites excluding steroid dienone is 2. The van der Waals surface area contributed by atoms with Gasteiger partial charge >= 0.3 is 6.61 Å². The van der Waals surface area contributed by atoms with Crippen LogP contribution < -0.4 is 0 Å². The molecule has 0 atom stereocenters. The molecule has 1 N–H and O–H groups in total. The van der Waals surface area contributed by atoms with E-state index in [-0.39, 0.29) is 11.5 Å². The van der Waals surface area contributed by atoms with Crippen molar-refractivity contribution in [1.82, 2.24) is 0 Å². The Hall–Kier alpha value is -1.06. The molecule has 0 heterocycles. The van der Waals surface area contributed by atoms with Crippen molar-refractivity contribution in [2.24, 2.45) is 0 Å². The lowest BCUT2D eigenvalue weighted by Crippen LogP contribution is -2.04. The van der Waals surface area contributed by atoms with Gasteiger partial charge in [-0.1, -0.05) is 0 Å². The second-order valence-electron chi connectivity index (χ2n) is 1.97.